The standard InChI is InChI=1S/C15H12N2O2/c16-14(18)9-10-6-7-13-12(8-10)15(19-17-13)11-4-2-1-3-5-11/h1-8H,9H2,(H2,16,18). The second-order valence-corrected chi connectivity index (χ2v) is 4.37. The van der Waals surface area contributed by atoms with E-state index in [1.54, 1.807) is 0 Å². The summed E-state index contributed by atoms with van der Waals surface area (Å²) in [5.41, 5.74) is 7.81. The van der Waals surface area contributed by atoms with Crippen LogP contribution in [0.3, 0.4) is 0 Å². The molecule has 0 saturated carbocycles. The molecule has 0 aliphatic carbocycles. The molecule has 0 saturated heterocycles. The van der Waals surface area contributed by atoms with Crippen molar-refractivity contribution in [2.75, 3.05) is 0 Å². The maximum absolute atomic E-state index is 11.0. The summed E-state index contributed by atoms with van der Waals surface area (Å²) < 4.78 is 5.39. The molecule has 2 aromatic carbocycles. The SMILES string of the molecule is NC(=O)Cc1ccc2noc(-c3ccccc3)c2c1. The van der Waals surface area contributed by atoms with E-state index in [9.17, 15) is 4.79 Å². The smallest absolute Gasteiger partial charge is 0.221 e. The Morgan fingerprint density at radius 3 is 2.68 bits per heavy atom. The number of nitrogens with zero attached hydrogens (tertiary/aromatic N) is 1. The van der Waals surface area contributed by atoms with E-state index < -0.39 is 0 Å². The number of rotatable bonds is 3. The fourth-order valence-corrected chi connectivity index (χ4v) is 2.10. The van der Waals surface area contributed by atoms with Gasteiger partial charge in [0.2, 0.25) is 5.91 Å². The highest BCUT2D eigenvalue weighted by atomic mass is 16.5. The number of primary amides is 1. The third kappa shape index (κ3) is 2.20. The topological polar surface area (TPSA) is 69.1 Å². The monoisotopic (exact) mass is 252 g/mol. The van der Waals surface area contributed by atoms with Gasteiger partial charge in [-0.15, -0.1) is 0 Å². The Kier molecular flexibility index (Phi) is 2.76. The van der Waals surface area contributed by atoms with Crippen molar-refractivity contribution in [2.24, 2.45) is 5.73 Å². The molecule has 0 bridgehead atoms. The third-order valence-electron chi connectivity index (χ3n) is 2.96. The number of fused-ring (bicyclic) bond motifs is 1. The number of aromatic nitrogens is 1. The highest BCUT2D eigenvalue weighted by molar-refractivity contribution is 5.92. The molecule has 0 aliphatic heterocycles. The first-order valence-electron chi connectivity index (χ1n) is 5.96. The Balaban J connectivity index is 2.13. The second-order valence-electron chi connectivity index (χ2n) is 4.37. The molecule has 0 aliphatic rings. The van der Waals surface area contributed by atoms with Crippen molar-refractivity contribution in [3.63, 3.8) is 0 Å². The lowest BCUT2D eigenvalue weighted by Crippen LogP contribution is -2.13. The molecule has 0 radical (unpaired) electrons. The first-order chi connectivity index (χ1) is 9.24. The van der Waals surface area contributed by atoms with Crippen LogP contribution in [-0.2, 0) is 11.2 Å². The first kappa shape index (κ1) is 11.5. The Labute approximate surface area is 109 Å². The highest BCUT2D eigenvalue weighted by Gasteiger charge is 2.11. The molecule has 1 heterocycles. The van der Waals surface area contributed by atoms with E-state index in [4.69, 9.17) is 10.3 Å². The lowest BCUT2D eigenvalue weighted by atomic mass is 10.0. The van der Waals surface area contributed by atoms with Crippen LogP contribution in [0.5, 0.6) is 0 Å². The molecule has 19 heavy (non-hydrogen) atoms. The fraction of sp³-hybridized carbons (Fsp3) is 0.0667. The molecule has 1 aromatic heterocycles. The van der Waals surface area contributed by atoms with Gasteiger partial charge in [-0.1, -0.05) is 41.6 Å². The number of nitrogens with two attached hydrogens (primary N) is 1. The molecule has 4 heteroatoms. The average molecular weight is 252 g/mol. The molecule has 2 N–H and O–H groups in total. The molecule has 4 nitrogen and oxygen atoms in total. The molecule has 3 rings (SSSR count). The number of benzene rings is 2. The van der Waals surface area contributed by atoms with Gasteiger partial charge in [0, 0.05) is 10.9 Å². The minimum Gasteiger partial charge on any atom is -0.369 e. The predicted molar refractivity (Wildman–Crippen MR) is 72.3 cm³/mol. The quantitative estimate of drug-likeness (QED) is 0.778. The number of amides is 1. The third-order valence-corrected chi connectivity index (χ3v) is 2.96. The maximum atomic E-state index is 11.0. The largest absolute Gasteiger partial charge is 0.369 e. The molecular formula is C15H12N2O2. The molecule has 3 aromatic rings. The Hall–Kier alpha value is -2.62. The van der Waals surface area contributed by atoms with Crippen LogP contribution in [0.25, 0.3) is 22.2 Å². The van der Waals surface area contributed by atoms with Crippen molar-refractivity contribution < 1.29 is 9.32 Å². The van der Waals surface area contributed by atoms with Crippen LogP contribution in [0.4, 0.5) is 0 Å². The van der Waals surface area contributed by atoms with E-state index in [0.29, 0.717) is 5.76 Å². The molecule has 1 amide bonds. The minimum atomic E-state index is -0.350. The average Bonchev–Trinajstić information content (AvgIpc) is 2.82. The van der Waals surface area contributed by atoms with Crippen molar-refractivity contribution >= 4 is 16.8 Å². The summed E-state index contributed by atoms with van der Waals surface area (Å²) in [6.07, 6.45) is 0.218. The lowest BCUT2D eigenvalue weighted by Gasteiger charge is -1.99. The minimum absolute atomic E-state index is 0.218. The predicted octanol–water partition coefficient (Wildman–Crippen LogP) is 2.52. The summed E-state index contributed by atoms with van der Waals surface area (Å²) in [6.45, 7) is 0. The van der Waals surface area contributed by atoms with Gasteiger partial charge in [0.05, 0.1) is 6.42 Å². The van der Waals surface area contributed by atoms with Gasteiger partial charge in [0.1, 0.15) is 5.52 Å². The van der Waals surface area contributed by atoms with Gasteiger partial charge >= 0.3 is 0 Å². The van der Waals surface area contributed by atoms with Gasteiger partial charge in [-0.2, -0.15) is 0 Å². The van der Waals surface area contributed by atoms with E-state index in [-0.39, 0.29) is 12.3 Å². The number of hydrogen-bond acceptors (Lipinski definition) is 3. The van der Waals surface area contributed by atoms with Crippen molar-refractivity contribution in [2.45, 2.75) is 6.42 Å². The molecule has 0 fully saturated rings. The van der Waals surface area contributed by atoms with E-state index in [1.165, 1.54) is 0 Å². The van der Waals surface area contributed by atoms with Crippen LogP contribution in [0.2, 0.25) is 0 Å². The normalized spacial score (nSPS) is 10.7. The maximum Gasteiger partial charge on any atom is 0.221 e. The van der Waals surface area contributed by atoms with Gasteiger partial charge < -0.3 is 10.3 Å². The van der Waals surface area contributed by atoms with Crippen LogP contribution in [0.15, 0.2) is 53.1 Å². The zero-order chi connectivity index (χ0) is 13.2. The van der Waals surface area contributed by atoms with Crippen molar-refractivity contribution in [3.05, 3.63) is 54.1 Å². The highest BCUT2D eigenvalue weighted by Crippen LogP contribution is 2.29. The van der Waals surface area contributed by atoms with Crippen LogP contribution in [0, 0.1) is 0 Å². The summed E-state index contributed by atoms with van der Waals surface area (Å²) in [5, 5.41) is 4.92. The van der Waals surface area contributed by atoms with E-state index in [1.807, 2.05) is 48.5 Å². The zero-order valence-electron chi connectivity index (χ0n) is 10.2. The van der Waals surface area contributed by atoms with Crippen LogP contribution in [0.1, 0.15) is 5.56 Å². The summed E-state index contributed by atoms with van der Waals surface area (Å²) in [5.74, 6) is 0.360. The fourth-order valence-electron chi connectivity index (χ4n) is 2.10. The number of carbonyl (C=O) groups is 1. The molecular weight excluding hydrogens is 240 g/mol. The Morgan fingerprint density at radius 2 is 1.95 bits per heavy atom. The van der Waals surface area contributed by atoms with E-state index in [0.717, 1.165) is 22.0 Å². The van der Waals surface area contributed by atoms with Crippen LogP contribution < -0.4 is 5.73 Å². The van der Waals surface area contributed by atoms with Crippen molar-refractivity contribution in [3.8, 4) is 11.3 Å². The molecule has 0 unspecified atom stereocenters. The van der Waals surface area contributed by atoms with E-state index >= 15 is 0 Å². The molecule has 94 valence electrons. The summed E-state index contributed by atoms with van der Waals surface area (Å²) in [6, 6.07) is 15.3. The van der Waals surface area contributed by atoms with Crippen LogP contribution >= 0.6 is 0 Å². The van der Waals surface area contributed by atoms with Gasteiger partial charge in [-0.3, -0.25) is 4.79 Å². The zero-order valence-corrected chi connectivity index (χ0v) is 10.2. The van der Waals surface area contributed by atoms with E-state index in [2.05, 4.69) is 5.16 Å². The number of carbonyl (C=O) groups excluding carboxylic acids is 1. The van der Waals surface area contributed by atoms with Crippen LogP contribution in [-0.4, -0.2) is 11.1 Å². The molecule has 0 spiro atoms. The van der Waals surface area contributed by atoms with Gasteiger partial charge in [-0.25, -0.2) is 0 Å². The first-order valence-corrected chi connectivity index (χ1v) is 5.96. The van der Waals surface area contributed by atoms with Gasteiger partial charge in [0.15, 0.2) is 5.76 Å². The van der Waals surface area contributed by atoms with Crippen molar-refractivity contribution in [1.29, 1.82) is 0 Å². The second kappa shape index (κ2) is 4.57. The van der Waals surface area contributed by atoms with Crippen molar-refractivity contribution in [1.82, 2.24) is 5.16 Å². The molecule has 0 atom stereocenters. The van der Waals surface area contributed by atoms with Gasteiger partial charge in [-0.05, 0) is 17.7 Å². The summed E-state index contributed by atoms with van der Waals surface area (Å²) in [4.78, 5) is 11.0. The summed E-state index contributed by atoms with van der Waals surface area (Å²) in [7, 11) is 0. The lowest BCUT2D eigenvalue weighted by molar-refractivity contribution is -0.117. The number of hydrogen-bond donors (Lipinski definition) is 1. The van der Waals surface area contributed by atoms with Gasteiger partial charge in [0.25, 0.3) is 0 Å². The Morgan fingerprint density at radius 1 is 1.16 bits per heavy atom. The summed E-state index contributed by atoms with van der Waals surface area (Å²) >= 11 is 0. The Bertz CT molecular complexity index is 732.